The van der Waals surface area contributed by atoms with Gasteiger partial charge in [0.2, 0.25) is 0 Å². The Labute approximate surface area is 158 Å². The highest BCUT2D eigenvalue weighted by atomic mass is 16.5. The minimum absolute atomic E-state index is 0.199. The average molecular weight is 362 g/mol. The fourth-order valence-corrected chi connectivity index (χ4v) is 2.97. The molecule has 2 aromatic carbocycles. The van der Waals surface area contributed by atoms with Crippen molar-refractivity contribution in [3.8, 4) is 11.3 Å². The lowest BCUT2D eigenvalue weighted by Crippen LogP contribution is -2.34. The van der Waals surface area contributed by atoms with Gasteiger partial charge in [-0.3, -0.25) is 4.79 Å². The molecule has 1 amide bonds. The third-order valence-electron chi connectivity index (χ3n) is 4.45. The summed E-state index contributed by atoms with van der Waals surface area (Å²) in [6.07, 6.45) is 0. The Morgan fingerprint density at radius 2 is 1.63 bits per heavy atom. The van der Waals surface area contributed by atoms with E-state index in [-0.39, 0.29) is 12.5 Å². The second-order valence-corrected chi connectivity index (χ2v) is 6.08. The highest BCUT2D eigenvalue weighted by Crippen LogP contribution is 2.25. The van der Waals surface area contributed by atoms with Crippen molar-refractivity contribution in [1.82, 2.24) is 9.88 Å². The zero-order valence-corrected chi connectivity index (χ0v) is 15.5. The Balaban J connectivity index is 1.93. The van der Waals surface area contributed by atoms with E-state index in [1.54, 1.807) is 11.0 Å². The van der Waals surface area contributed by atoms with Crippen molar-refractivity contribution in [2.24, 2.45) is 0 Å². The summed E-state index contributed by atoms with van der Waals surface area (Å²) in [5.74, 6) is -0.721. The van der Waals surface area contributed by atoms with Crippen molar-refractivity contribution in [3.05, 3.63) is 66.2 Å². The maximum absolute atomic E-state index is 12.7. The molecular weight excluding hydrogens is 340 g/mol. The highest BCUT2D eigenvalue weighted by molar-refractivity contribution is 6.05. The van der Waals surface area contributed by atoms with Crippen LogP contribution in [0.3, 0.4) is 0 Å². The third kappa shape index (κ3) is 4.14. The van der Waals surface area contributed by atoms with E-state index >= 15 is 0 Å². The van der Waals surface area contributed by atoms with Gasteiger partial charge in [0, 0.05) is 24.0 Å². The van der Waals surface area contributed by atoms with E-state index in [1.165, 1.54) is 0 Å². The summed E-state index contributed by atoms with van der Waals surface area (Å²) in [6, 6.07) is 18.8. The van der Waals surface area contributed by atoms with Crippen LogP contribution in [-0.2, 0) is 9.53 Å². The number of para-hydroxylation sites is 1. The van der Waals surface area contributed by atoms with Crippen LogP contribution in [0.25, 0.3) is 22.2 Å². The lowest BCUT2D eigenvalue weighted by atomic mass is 10.0. The van der Waals surface area contributed by atoms with Gasteiger partial charge in [0.25, 0.3) is 5.91 Å². The summed E-state index contributed by atoms with van der Waals surface area (Å²) in [5, 5.41) is 0.706. The van der Waals surface area contributed by atoms with Crippen LogP contribution in [0.4, 0.5) is 0 Å². The van der Waals surface area contributed by atoms with E-state index in [2.05, 4.69) is 4.98 Å². The Morgan fingerprint density at radius 1 is 0.963 bits per heavy atom. The first-order valence-electron chi connectivity index (χ1n) is 9.04. The second-order valence-electron chi connectivity index (χ2n) is 6.08. The average Bonchev–Trinajstić information content (AvgIpc) is 2.72. The van der Waals surface area contributed by atoms with Crippen molar-refractivity contribution in [3.63, 3.8) is 0 Å². The number of carbonyl (C=O) groups excluding carboxylic acids is 2. The first-order chi connectivity index (χ1) is 13.1. The van der Waals surface area contributed by atoms with Crippen molar-refractivity contribution >= 4 is 22.8 Å². The van der Waals surface area contributed by atoms with Crippen LogP contribution in [0.5, 0.6) is 0 Å². The number of fused-ring (bicyclic) bond motifs is 1. The summed E-state index contributed by atoms with van der Waals surface area (Å²) in [4.78, 5) is 31.1. The van der Waals surface area contributed by atoms with Gasteiger partial charge in [0.05, 0.1) is 16.8 Å². The van der Waals surface area contributed by atoms with Gasteiger partial charge >= 0.3 is 5.97 Å². The molecule has 0 aliphatic carbocycles. The summed E-state index contributed by atoms with van der Waals surface area (Å²) < 4.78 is 5.32. The molecule has 5 heteroatoms. The van der Waals surface area contributed by atoms with Crippen LogP contribution < -0.4 is 0 Å². The van der Waals surface area contributed by atoms with E-state index in [0.29, 0.717) is 35.2 Å². The summed E-state index contributed by atoms with van der Waals surface area (Å²) in [7, 11) is 0. The molecule has 3 rings (SSSR count). The Morgan fingerprint density at radius 3 is 2.33 bits per heavy atom. The predicted molar refractivity (Wildman–Crippen MR) is 105 cm³/mol. The van der Waals surface area contributed by atoms with Gasteiger partial charge in [0.1, 0.15) is 0 Å². The number of aromatic nitrogens is 1. The Bertz CT molecular complexity index is 950. The monoisotopic (exact) mass is 362 g/mol. The maximum atomic E-state index is 12.7. The molecule has 0 radical (unpaired) electrons. The fraction of sp³-hybridized carbons (Fsp3) is 0.227. The molecule has 1 heterocycles. The third-order valence-corrected chi connectivity index (χ3v) is 4.45. The number of ether oxygens (including phenoxy) is 1. The number of carbonyl (C=O) groups is 2. The minimum atomic E-state index is -0.522. The summed E-state index contributed by atoms with van der Waals surface area (Å²) in [6.45, 7) is 4.70. The van der Waals surface area contributed by atoms with Gasteiger partial charge in [-0.05, 0) is 26.0 Å². The molecule has 0 fully saturated rings. The van der Waals surface area contributed by atoms with Gasteiger partial charge in [-0.1, -0.05) is 48.5 Å². The molecule has 3 aromatic rings. The number of benzene rings is 2. The molecule has 0 saturated carbocycles. The van der Waals surface area contributed by atoms with Crippen molar-refractivity contribution < 1.29 is 14.3 Å². The van der Waals surface area contributed by atoms with Crippen LogP contribution in [0.15, 0.2) is 60.7 Å². The highest BCUT2D eigenvalue weighted by Gasteiger charge is 2.18. The summed E-state index contributed by atoms with van der Waals surface area (Å²) >= 11 is 0. The topological polar surface area (TPSA) is 59.5 Å². The van der Waals surface area contributed by atoms with E-state index in [1.807, 2.05) is 68.4 Å². The molecule has 0 bridgehead atoms. The largest absolute Gasteiger partial charge is 0.452 e. The lowest BCUT2D eigenvalue weighted by molar-refractivity contribution is -0.134. The van der Waals surface area contributed by atoms with Crippen molar-refractivity contribution in [1.29, 1.82) is 0 Å². The zero-order chi connectivity index (χ0) is 19.2. The number of likely N-dealkylation sites (N-methyl/N-ethyl adjacent to an activating group) is 1. The number of pyridine rings is 1. The normalized spacial score (nSPS) is 10.6. The maximum Gasteiger partial charge on any atom is 0.339 e. The van der Waals surface area contributed by atoms with Gasteiger partial charge in [-0.15, -0.1) is 0 Å². The molecule has 0 aliphatic rings. The minimum Gasteiger partial charge on any atom is -0.452 e. The number of esters is 1. The Hall–Kier alpha value is -3.21. The molecule has 0 aliphatic heterocycles. The molecular formula is C22H22N2O3. The molecule has 138 valence electrons. The van der Waals surface area contributed by atoms with E-state index < -0.39 is 5.97 Å². The van der Waals surface area contributed by atoms with E-state index in [9.17, 15) is 9.59 Å². The molecule has 0 atom stereocenters. The van der Waals surface area contributed by atoms with E-state index in [0.717, 1.165) is 5.56 Å². The molecule has 27 heavy (non-hydrogen) atoms. The molecule has 5 nitrogen and oxygen atoms in total. The van der Waals surface area contributed by atoms with Gasteiger partial charge in [0.15, 0.2) is 6.61 Å². The van der Waals surface area contributed by atoms with Crippen LogP contribution in [0.1, 0.15) is 24.2 Å². The van der Waals surface area contributed by atoms with Crippen LogP contribution >= 0.6 is 0 Å². The predicted octanol–water partition coefficient (Wildman–Crippen LogP) is 3.93. The van der Waals surface area contributed by atoms with Crippen molar-refractivity contribution in [2.75, 3.05) is 19.7 Å². The summed E-state index contributed by atoms with van der Waals surface area (Å²) in [5.41, 5.74) is 2.72. The zero-order valence-electron chi connectivity index (χ0n) is 15.5. The van der Waals surface area contributed by atoms with Crippen LogP contribution in [-0.4, -0.2) is 41.5 Å². The first-order valence-corrected chi connectivity index (χ1v) is 9.04. The number of nitrogens with zero attached hydrogens (tertiary/aromatic N) is 2. The number of hydrogen-bond acceptors (Lipinski definition) is 4. The SMILES string of the molecule is CCN(CC)C(=O)COC(=O)c1cc(-c2ccccc2)nc2ccccc12. The second kappa shape index (κ2) is 8.45. The number of hydrogen-bond donors (Lipinski definition) is 0. The van der Waals surface area contributed by atoms with Gasteiger partial charge < -0.3 is 9.64 Å². The van der Waals surface area contributed by atoms with Crippen LogP contribution in [0, 0.1) is 0 Å². The van der Waals surface area contributed by atoms with Gasteiger partial charge in [-0.2, -0.15) is 0 Å². The quantitative estimate of drug-likeness (QED) is 0.624. The Kier molecular flexibility index (Phi) is 5.81. The fourth-order valence-electron chi connectivity index (χ4n) is 2.97. The van der Waals surface area contributed by atoms with Gasteiger partial charge in [-0.25, -0.2) is 9.78 Å². The molecule has 0 N–H and O–H groups in total. The van der Waals surface area contributed by atoms with E-state index in [4.69, 9.17) is 4.74 Å². The number of rotatable bonds is 6. The number of amides is 1. The smallest absolute Gasteiger partial charge is 0.339 e. The molecule has 0 saturated heterocycles. The molecule has 0 unspecified atom stereocenters. The first kappa shape index (κ1) is 18.6. The van der Waals surface area contributed by atoms with Crippen molar-refractivity contribution in [2.45, 2.75) is 13.8 Å². The standard InChI is InChI=1S/C22H22N2O3/c1-3-24(4-2)21(25)15-27-22(26)18-14-20(16-10-6-5-7-11-16)23-19-13-9-8-12-17(18)19/h5-14H,3-4,15H2,1-2H3. The van der Waals surface area contributed by atoms with Crippen LogP contribution in [0.2, 0.25) is 0 Å². The molecule has 0 spiro atoms. The lowest BCUT2D eigenvalue weighted by Gasteiger charge is -2.18. The molecule has 1 aromatic heterocycles.